The van der Waals surface area contributed by atoms with Crippen molar-refractivity contribution < 1.29 is 28.6 Å². The minimum absolute atomic E-state index is 0.140. The Balaban J connectivity index is 4.62. The van der Waals surface area contributed by atoms with E-state index in [2.05, 4.69) is 154 Å². The van der Waals surface area contributed by atoms with Gasteiger partial charge in [-0.15, -0.1) is 0 Å². The summed E-state index contributed by atoms with van der Waals surface area (Å²) in [7, 11) is 0. The highest BCUT2D eigenvalue weighted by Crippen LogP contribution is 2.13. The lowest BCUT2D eigenvalue weighted by Gasteiger charge is -2.18. The van der Waals surface area contributed by atoms with Gasteiger partial charge in [-0.05, 0) is 122 Å². The van der Waals surface area contributed by atoms with Crippen molar-refractivity contribution in [2.45, 2.75) is 239 Å². The molecule has 0 aromatic carbocycles. The van der Waals surface area contributed by atoms with Crippen molar-refractivity contribution in [2.24, 2.45) is 0 Å². The Hall–Kier alpha value is -4.71. The predicted molar refractivity (Wildman–Crippen MR) is 311 cm³/mol. The van der Waals surface area contributed by atoms with E-state index in [1.54, 1.807) is 0 Å². The number of unbranched alkanes of at least 4 members (excludes halogenated alkanes) is 15. The minimum Gasteiger partial charge on any atom is -0.462 e. The van der Waals surface area contributed by atoms with Crippen molar-refractivity contribution in [3.63, 3.8) is 0 Å². The van der Waals surface area contributed by atoms with Gasteiger partial charge in [0.25, 0.3) is 0 Å². The van der Waals surface area contributed by atoms with Crippen molar-refractivity contribution in [3.8, 4) is 0 Å². The first-order valence-electron chi connectivity index (χ1n) is 28.8. The first-order chi connectivity index (χ1) is 35.5. The van der Waals surface area contributed by atoms with Crippen LogP contribution in [0.2, 0.25) is 0 Å². The maximum Gasteiger partial charge on any atom is 0.306 e. The molecule has 0 saturated heterocycles. The zero-order valence-electron chi connectivity index (χ0n) is 46.1. The molecule has 0 aliphatic heterocycles. The molecule has 72 heavy (non-hydrogen) atoms. The van der Waals surface area contributed by atoms with E-state index in [4.69, 9.17) is 14.2 Å². The third-order valence-corrected chi connectivity index (χ3v) is 11.6. The standard InChI is InChI=1S/C66H104O6/c1-4-7-10-13-16-19-22-25-28-31-33-36-38-41-44-47-50-53-56-59-65(68)71-62-63(61-70-64(67)58-55-52-49-46-43-40-37-34-30-27-24-21-18-15-12-9-6-3)72-66(69)60-57-54-51-48-45-42-39-35-32-29-26-23-20-17-14-11-8-5-2/h7,9-10,12,16,18-19,21,25,27-28,30,33,35-37,39-41,44,46,49-50,53,63H,4-6,8,11,13-15,17,20,22-24,26,29,31-32,34,38,42-43,45,47-48,51-52,54-62H2,1-3H3/b10-7-,12-9-,19-16-,21-18-,28-25-,30-27-,36-33-,39-35-,40-37-,44-41-,49-46-,53-50-. The van der Waals surface area contributed by atoms with Gasteiger partial charge in [-0.3, -0.25) is 14.4 Å². The summed E-state index contributed by atoms with van der Waals surface area (Å²) in [5, 5.41) is 0. The first kappa shape index (κ1) is 67.3. The Bertz CT molecular complexity index is 1610. The average molecular weight is 994 g/mol. The van der Waals surface area contributed by atoms with E-state index >= 15 is 0 Å². The fraction of sp³-hybridized carbons (Fsp3) is 0.591. The molecule has 0 amide bonds. The molecule has 6 nitrogen and oxygen atoms in total. The third kappa shape index (κ3) is 56.2. The highest BCUT2D eigenvalue weighted by Gasteiger charge is 2.19. The van der Waals surface area contributed by atoms with E-state index in [1.807, 2.05) is 12.2 Å². The summed E-state index contributed by atoms with van der Waals surface area (Å²) >= 11 is 0. The molecule has 0 heterocycles. The molecular weight excluding hydrogens is 889 g/mol. The Kier molecular flexibility index (Phi) is 55.0. The van der Waals surface area contributed by atoms with Crippen molar-refractivity contribution in [1.29, 1.82) is 0 Å². The molecule has 0 fully saturated rings. The lowest BCUT2D eigenvalue weighted by Crippen LogP contribution is -2.30. The SMILES string of the molecule is CC/C=C\C/C=C\C/C=C\C/C=C\C/C=C\C/C=C\CCC(=O)OCC(COC(=O)CCC/C=C\C/C=C\C/C=C\C/C=C\C/C=C\CC)OC(=O)CCCCCCC/C=C\CCCCCCCCCCC. The van der Waals surface area contributed by atoms with E-state index in [0.29, 0.717) is 12.8 Å². The second-order valence-electron chi connectivity index (χ2n) is 18.4. The zero-order chi connectivity index (χ0) is 52.2. The van der Waals surface area contributed by atoms with Crippen LogP contribution in [-0.4, -0.2) is 37.2 Å². The Morgan fingerprint density at radius 2 is 0.583 bits per heavy atom. The fourth-order valence-electron chi connectivity index (χ4n) is 7.32. The molecule has 0 rings (SSSR count). The number of hydrogen-bond donors (Lipinski definition) is 0. The summed E-state index contributed by atoms with van der Waals surface area (Å²) in [5.74, 6) is -1.09. The molecule has 0 aromatic heterocycles. The number of ether oxygens (including phenoxy) is 3. The fourth-order valence-corrected chi connectivity index (χ4v) is 7.32. The smallest absolute Gasteiger partial charge is 0.306 e. The summed E-state index contributed by atoms with van der Waals surface area (Å²) in [4.78, 5) is 38.1. The molecule has 0 aliphatic rings. The molecule has 404 valence electrons. The number of hydrogen-bond acceptors (Lipinski definition) is 6. The van der Waals surface area contributed by atoms with E-state index < -0.39 is 6.10 Å². The highest BCUT2D eigenvalue weighted by molar-refractivity contribution is 5.71. The number of carbonyl (C=O) groups excluding carboxylic acids is 3. The van der Waals surface area contributed by atoms with E-state index in [1.165, 1.54) is 70.6 Å². The average Bonchev–Trinajstić information content (AvgIpc) is 3.38. The van der Waals surface area contributed by atoms with Gasteiger partial charge in [-0.2, -0.15) is 0 Å². The summed E-state index contributed by atoms with van der Waals surface area (Å²) < 4.78 is 16.7. The van der Waals surface area contributed by atoms with Crippen LogP contribution in [0, 0.1) is 0 Å². The summed E-state index contributed by atoms with van der Waals surface area (Å²) in [5.41, 5.74) is 0. The third-order valence-electron chi connectivity index (χ3n) is 11.6. The van der Waals surface area contributed by atoms with Crippen LogP contribution >= 0.6 is 0 Å². The maximum atomic E-state index is 12.9. The van der Waals surface area contributed by atoms with E-state index in [9.17, 15) is 14.4 Å². The second-order valence-corrected chi connectivity index (χ2v) is 18.4. The van der Waals surface area contributed by atoms with Gasteiger partial charge in [-0.25, -0.2) is 0 Å². The molecule has 1 unspecified atom stereocenters. The van der Waals surface area contributed by atoms with Crippen LogP contribution in [0.5, 0.6) is 0 Å². The molecule has 0 saturated carbocycles. The molecule has 6 heteroatoms. The van der Waals surface area contributed by atoms with Crippen LogP contribution in [0.3, 0.4) is 0 Å². The van der Waals surface area contributed by atoms with E-state index in [-0.39, 0.29) is 50.4 Å². The second kappa shape index (κ2) is 58.9. The largest absolute Gasteiger partial charge is 0.462 e. The summed E-state index contributed by atoms with van der Waals surface area (Å²) in [6.07, 6.45) is 84.3. The normalized spacial score (nSPS) is 13.2. The highest BCUT2D eigenvalue weighted by atomic mass is 16.6. The van der Waals surface area contributed by atoms with Crippen LogP contribution in [0.15, 0.2) is 146 Å². The van der Waals surface area contributed by atoms with Gasteiger partial charge in [0.05, 0.1) is 0 Å². The topological polar surface area (TPSA) is 78.9 Å². The van der Waals surface area contributed by atoms with Crippen LogP contribution in [0.4, 0.5) is 0 Å². The Morgan fingerprint density at radius 1 is 0.292 bits per heavy atom. The van der Waals surface area contributed by atoms with Gasteiger partial charge in [0.15, 0.2) is 6.10 Å². The number of esters is 3. The quantitative estimate of drug-likeness (QED) is 0.0261. The Morgan fingerprint density at radius 3 is 0.986 bits per heavy atom. The van der Waals surface area contributed by atoms with Gasteiger partial charge in [0.2, 0.25) is 0 Å². The molecule has 0 spiro atoms. The van der Waals surface area contributed by atoms with Gasteiger partial charge in [0.1, 0.15) is 13.2 Å². The summed E-state index contributed by atoms with van der Waals surface area (Å²) in [6, 6.07) is 0. The zero-order valence-corrected chi connectivity index (χ0v) is 46.1. The molecule has 0 N–H and O–H groups in total. The molecule has 0 radical (unpaired) electrons. The molecule has 0 bridgehead atoms. The van der Waals surface area contributed by atoms with Gasteiger partial charge in [0, 0.05) is 19.3 Å². The maximum absolute atomic E-state index is 12.9. The molecule has 0 aliphatic carbocycles. The summed E-state index contributed by atoms with van der Waals surface area (Å²) in [6.45, 7) is 6.28. The van der Waals surface area contributed by atoms with Crippen molar-refractivity contribution >= 4 is 17.9 Å². The van der Waals surface area contributed by atoms with Crippen molar-refractivity contribution in [2.75, 3.05) is 13.2 Å². The van der Waals surface area contributed by atoms with Gasteiger partial charge >= 0.3 is 17.9 Å². The molecular formula is C66H104O6. The van der Waals surface area contributed by atoms with Crippen LogP contribution in [0.25, 0.3) is 0 Å². The van der Waals surface area contributed by atoms with E-state index in [0.717, 1.165) is 109 Å². The monoisotopic (exact) mass is 993 g/mol. The van der Waals surface area contributed by atoms with Crippen LogP contribution in [0.1, 0.15) is 233 Å². The van der Waals surface area contributed by atoms with Crippen molar-refractivity contribution in [1.82, 2.24) is 0 Å². The molecule has 0 aromatic rings. The first-order valence-corrected chi connectivity index (χ1v) is 28.8. The van der Waals surface area contributed by atoms with Gasteiger partial charge in [-0.1, -0.05) is 237 Å². The van der Waals surface area contributed by atoms with Crippen LogP contribution < -0.4 is 0 Å². The lowest BCUT2D eigenvalue weighted by molar-refractivity contribution is -0.166. The number of rotatable bonds is 50. The van der Waals surface area contributed by atoms with Gasteiger partial charge < -0.3 is 14.2 Å². The van der Waals surface area contributed by atoms with Crippen LogP contribution in [-0.2, 0) is 28.6 Å². The number of allylic oxidation sites excluding steroid dienone is 24. The minimum atomic E-state index is -0.843. The molecule has 1 atom stereocenters. The Labute approximate surface area is 442 Å². The lowest BCUT2D eigenvalue weighted by atomic mass is 10.1. The predicted octanol–water partition coefficient (Wildman–Crippen LogP) is 19.6. The number of carbonyl (C=O) groups is 3. The van der Waals surface area contributed by atoms with Crippen molar-refractivity contribution in [3.05, 3.63) is 146 Å².